The fourth-order valence-corrected chi connectivity index (χ4v) is 3.15. The Morgan fingerprint density at radius 2 is 1.82 bits per heavy atom. The van der Waals surface area contributed by atoms with Gasteiger partial charge in [-0.15, -0.1) is 0 Å². The number of carbonyl (C=O) groups excluding carboxylic acids is 1. The van der Waals surface area contributed by atoms with Crippen LogP contribution in [0.5, 0.6) is 0 Å². The molecule has 0 aliphatic heterocycles. The second-order valence-electron chi connectivity index (χ2n) is 6.63. The summed E-state index contributed by atoms with van der Waals surface area (Å²) >= 11 is 0. The van der Waals surface area contributed by atoms with Crippen LogP contribution in [0.4, 0.5) is 0 Å². The van der Waals surface area contributed by atoms with Crippen LogP contribution in [0.2, 0.25) is 0 Å². The molecule has 0 saturated carbocycles. The van der Waals surface area contributed by atoms with E-state index in [4.69, 9.17) is 5.73 Å². The van der Waals surface area contributed by atoms with E-state index in [9.17, 15) is 4.79 Å². The lowest BCUT2D eigenvalue weighted by Gasteiger charge is -2.07. The molecule has 6 heteroatoms. The highest BCUT2D eigenvalue weighted by atomic mass is 16.1. The van der Waals surface area contributed by atoms with Gasteiger partial charge >= 0.3 is 0 Å². The van der Waals surface area contributed by atoms with Gasteiger partial charge in [-0.25, -0.2) is 9.50 Å². The van der Waals surface area contributed by atoms with Crippen molar-refractivity contribution in [1.82, 2.24) is 19.9 Å². The third kappa shape index (κ3) is 3.92. The number of primary amides is 1. The van der Waals surface area contributed by atoms with Crippen molar-refractivity contribution in [3.05, 3.63) is 78.8 Å². The number of nitrogens with zero attached hydrogens (tertiary/aromatic N) is 3. The van der Waals surface area contributed by atoms with E-state index in [1.165, 1.54) is 0 Å². The molecule has 2 aromatic carbocycles. The first-order chi connectivity index (χ1) is 13.7. The van der Waals surface area contributed by atoms with Crippen molar-refractivity contribution in [3.63, 3.8) is 0 Å². The molecule has 0 bridgehead atoms. The van der Waals surface area contributed by atoms with E-state index >= 15 is 0 Å². The first-order valence-corrected chi connectivity index (χ1v) is 9.18. The molecule has 28 heavy (non-hydrogen) atoms. The topological polar surface area (TPSA) is 85.3 Å². The highest BCUT2D eigenvalue weighted by Gasteiger charge is 2.09. The summed E-state index contributed by atoms with van der Waals surface area (Å²) in [5, 5.41) is 7.71. The van der Waals surface area contributed by atoms with Gasteiger partial charge in [-0.2, -0.15) is 5.10 Å². The molecule has 0 saturated heterocycles. The molecular formula is C22H21N5O. The van der Waals surface area contributed by atoms with Gasteiger partial charge in [0.2, 0.25) is 5.91 Å². The quantitative estimate of drug-likeness (QED) is 0.489. The van der Waals surface area contributed by atoms with Gasteiger partial charge in [-0.05, 0) is 22.8 Å². The van der Waals surface area contributed by atoms with Gasteiger partial charge in [0.1, 0.15) is 0 Å². The summed E-state index contributed by atoms with van der Waals surface area (Å²) in [5.41, 5.74) is 11.3. The van der Waals surface area contributed by atoms with Crippen molar-refractivity contribution in [2.24, 2.45) is 5.73 Å². The van der Waals surface area contributed by atoms with Crippen LogP contribution in [-0.2, 0) is 11.3 Å². The first-order valence-electron chi connectivity index (χ1n) is 9.18. The lowest BCUT2D eigenvalue weighted by molar-refractivity contribution is -0.117. The van der Waals surface area contributed by atoms with E-state index in [1.54, 1.807) is 0 Å². The Balaban J connectivity index is 1.56. The highest BCUT2D eigenvalue weighted by Crippen LogP contribution is 2.25. The van der Waals surface area contributed by atoms with Crippen LogP contribution < -0.4 is 11.1 Å². The summed E-state index contributed by atoms with van der Waals surface area (Å²) in [7, 11) is 0. The predicted octanol–water partition coefficient (Wildman–Crippen LogP) is 3.03. The molecule has 0 unspecified atom stereocenters. The van der Waals surface area contributed by atoms with Gasteiger partial charge in [-0.1, -0.05) is 48.5 Å². The fourth-order valence-electron chi connectivity index (χ4n) is 3.15. The van der Waals surface area contributed by atoms with Crippen LogP contribution in [-0.4, -0.2) is 27.0 Å². The number of carbonyl (C=O) groups is 1. The molecule has 2 aromatic heterocycles. The number of benzene rings is 2. The number of hydrogen-bond donors (Lipinski definition) is 2. The van der Waals surface area contributed by atoms with Gasteiger partial charge in [0.05, 0.1) is 6.20 Å². The average molecular weight is 371 g/mol. The Morgan fingerprint density at radius 3 is 2.64 bits per heavy atom. The Hall–Kier alpha value is -3.51. The van der Waals surface area contributed by atoms with Crippen LogP contribution in [0.1, 0.15) is 12.0 Å². The van der Waals surface area contributed by atoms with Gasteiger partial charge in [0.25, 0.3) is 0 Å². The molecule has 4 aromatic rings. The summed E-state index contributed by atoms with van der Waals surface area (Å²) in [5.74, 6) is -0.297. The van der Waals surface area contributed by atoms with Crippen LogP contribution in [0.3, 0.4) is 0 Å². The van der Waals surface area contributed by atoms with Crippen LogP contribution in [0.15, 0.2) is 73.2 Å². The fraction of sp³-hybridized carbons (Fsp3) is 0.136. The third-order valence-electron chi connectivity index (χ3n) is 4.58. The lowest BCUT2D eigenvalue weighted by atomic mass is 10.1. The highest BCUT2D eigenvalue weighted by molar-refractivity contribution is 5.77. The van der Waals surface area contributed by atoms with Crippen molar-refractivity contribution >= 4 is 11.6 Å². The van der Waals surface area contributed by atoms with Crippen LogP contribution in [0, 0.1) is 0 Å². The molecular weight excluding hydrogens is 350 g/mol. The second-order valence-corrected chi connectivity index (χ2v) is 6.63. The van der Waals surface area contributed by atoms with Gasteiger partial charge in [-0.3, -0.25) is 4.79 Å². The zero-order valence-corrected chi connectivity index (χ0v) is 15.4. The Labute approximate surface area is 163 Å². The van der Waals surface area contributed by atoms with E-state index in [0.717, 1.165) is 33.5 Å². The normalized spacial score (nSPS) is 11.0. The summed E-state index contributed by atoms with van der Waals surface area (Å²) in [4.78, 5) is 15.5. The number of aromatic nitrogens is 3. The van der Waals surface area contributed by atoms with Crippen molar-refractivity contribution in [2.45, 2.75) is 13.0 Å². The van der Waals surface area contributed by atoms with Crippen molar-refractivity contribution in [2.75, 3.05) is 6.54 Å². The zero-order chi connectivity index (χ0) is 19.3. The van der Waals surface area contributed by atoms with E-state index in [0.29, 0.717) is 19.5 Å². The molecule has 0 spiro atoms. The smallest absolute Gasteiger partial charge is 0.218 e. The largest absolute Gasteiger partial charge is 0.370 e. The number of rotatable bonds is 7. The molecule has 0 aliphatic carbocycles. The van der Waals surface area contributed by atoms with Crippen LogP contribution >= 0.6 is 0 Å². The standard InChI is InChI=1S/C22H21N5O/c23-21(28)9-10-24-12-16-5-4-8-18(11-16)19-13-25-22-20(14-26-27(22)15-19)17-6-2-1-3-7-17/h1-8,11,13-15,24H,9-10,12H2,(H2,23,28). The molecule has 6 nitrogen and oxygen atoms in total. The molecule has 4 rings (SSSR count). The van der Waals surface area contributed by atoms with E-state index in [-0.39, 0.29) is 5.91 Å². The number of hydrogen-bond acceptors (Lipinski definition) is 4. The Bertz CT molecular complexity index is 1100. The van der Waals surface area contributed by atoms with E-state index in [2.05, 4.69) is 39.7 Å². The zero-order valence-electron chi connectivity index (χ0n) is 15.4. The summed E-state index contributed by atoms with van der Waals surface area (Å²) in [6.45, 7) is 1.25. The Morgan fingerprint density at radius 1 is 1.00 bits per heavy atom. The first kappa shape index (κ1) is 17.9. The van der Waals surface area contributed by atoms with E-state index < -0.39 is 0 Å². The molecule has 3 N–H and O–H groups in total. The van der Waals surface area contributed by atoms with Crippen molar-refractivity contribution in [3.8, 4) is 22.3 Å². The molecule has 0 atom stereocenters. The van der Waals surface area contributed by atoms with Crippen molar-refractivity contribution in [1.29, 1.82) is 0 Å². The molecule has 140 valence electrons. The molecule has 0 radical (unpaired) electrons. The number of nitrogens with two attached hydrogens (primary N) is 1. The number of fused-ring (bicyclic) bond motifs is 1. The van der Waals surface area contributed by atoms with Crippen LogP contribution in [0.25, 0.3) is 27.9 Å². The third-order valence-corrected chi connectivity index (χ3v) is 4.58. The number of amides is 1. The average Bonchev–Trinajstić information content (AvgIpc) is 3.15. The maximum Gasteiger partial charge on any atom is 0.218 e. The minimum atomic E-state index is -0.297. The SMILES string of the molecule is NC(=O)CCNCc1cccc(-c2cnc3c(-c4ccccc4)cnn3c2)c1. The second kappa shape index (κ2) is 8.02. The van der Waals surface area contributed by atoms with Gasteiger partial charge in [0, 0.05) is 43.0 Å². The predicted molar refractivity (Wildman–Crippen MR) is 109 cm³/mol. The summed E-state index contributed by atoms with van der Waals surface area (Å²) < 4.78 is 1.81. The summed E-state index contributed by atoms with van der Waals surface area (Å²) in [6, 6.07) is 18.4. The van der Waals surface area contributed by atoms with Gasteiger partial charge in [0.15, 0.2) is 5.65 Å². The molecule has 0 fully saturated rings. The van der Waals surface area contributed by atoms with Crippen molar-refractivity contribution < 1.29 is 4.79 Å². The number of nitrogens with one attached hydrogen (secondary N) is 1. The van der Waals surface area contributed by atoms with Gasteiger partial charge < -0.3 is 11.1 Å². The lowest BCUT2D eigenvalue weighted by Crippen LogP contribution is -2.21. The maximum absolute atomic E-state index is 10.8. The monoisotopic (exact) mass is 371 g/mol. The van der Waals surface area contributed by atoms with E-state index in [1.807, 2.05) is 53.4 Å². The molecule has 0 aliphatic rings. The summed E-state index contributed by atoms with van der Waals surface area (Å²) in [6.07, 6.45) is 6.06. The Kier molecular flexibility index (Phi) is 5.12. The molecule has 2 heterocycles. The minimum Gasteiger partial charge on any atom is -0.370 e. The molecule has 1 amide bonds. The minimum absolute atomic E-state index is 0.297. The maximum atomic E-state index is 10.8.